The van der Waals surface area contributed by atoms with E-state index in [2.05, 4.69) is 5.16 Å². The van der Waals surface area contributed by atoms with Crippen LogP contribution in [0.4, 0.5) is 0 Å². The Morgan fingerprint density at radius 3 is 2.11 bits per heavy atom. The number of fused-ring (bicyclic) bond motifs is 3. The highest BCUT2D eigenvalue weighted by Gasteiger charge is 2.61. The third-order valence-electron chi connectivity index (χ3n) is 6.70. The summed E-state index contributed by atoms with van der Waals surface area (Å²) in [6.45, 7) is 0. The van der Waals surface area contributed by atoms with E-state index in [1.807, 2.05) is 0 Å². The van der Waals surface area contributed by atoms with E-state index < -0.39 is 0 Å². The first-order valence-electron chi connectivity index (χ1n) is 7.75. The van der Waals surface area contributed by atoms with Crippen molar-refractivity contribution in [2.75, 3.05) is 0 Å². The van der Waals surface area contributed by atoms with Crippen LogP contribution >= 0.6 is 0 Å². The molecule has 4 heteroatoms. The van der Waals surface area contributed by atoms with Gasteiger partial charge >= 0.3 is 0 Å². The summed E-state index contributed by atoms with van der Waals surface area (Å²) in [6, 6.07) is 0. The second-order valence-electron chi connectivity index (χ2n) is 7.82. The lowest BCUT2D eigenvalue weighted by Gasteiger charge is -2.59. The molecule has 6 aliphatic rings. The topological polar surface area (TPSA) is 64.9 Å². The molecule has 1 heterocycles. The predicted octanol–water partition coefficient (Wildman–Crippen LogP) is 2.42. The van der Waals surface area contributed by atoms with Crippen molar-refractivity contribution in [1.82, 2.24) is 10.1 Å². The largest absolute Gasteiger partial charge is 0.339 e. The maximum Gasteiger partial charge on any atom is 0.232 e. The van der Waals surface area contributed by atoms with Crippen LogP contribution in [0.15, 0.2) is 4.52 Å². The summed E-state index contributed by atoms with van der Waals surface area (Å²) in [5.74, 6) is 2.89. The summed E-state index contributed by atoms with van der Waals surface area (Å²) in [5.41, 5.74) is 6.97. The van der Waals surface area contributed by atoms with Crippen LogP contribution in [0.5, 0.6) is 0 Å². The van der Waals surface area contributed by atoms with Gasteiger partial charge in [-0.25, -0.2) is 0 Å². The minimum atomic E-state index is 0.110. The molecule has 0 atom stereocenters. The van der Waals surface area contributed by atoms with Gasteiger partial charge in [0.05, 0.1) is 0 Å². The smallest absolute Gasteiger partial charge is 0.232 e. The summed E-state index contributed by atoms with van der Waals surface area (Å²) >= 11 is 0. The molecule has 2 N–H and O–H groups in total. The van der Waals surface area contributed by atoms with Crippen LogP contribution in [0.3, 0.4) is 0 Å². The molecule has 6 saturated carbocycles. The molecule has 4 nitrogen and oxygen atoms in total. The Balaban J connectivity index is 1.47. The molecule has 4 bridgehead atoms. The molecule has 0 radical (unpaired) electrons. The second-order valence-corrected chi connectivity index (χ2v) is 7.82. The zero-order valence-electron chi connectivity index (χ0n) is 11.3. The van der Waals surface area contributed by atoms with Gasteiger partial charge in [0.1, 0.15) is 0 Å². The van der Waals surface area contributed by atoms with E-state index in [-0.39, 0.29) is 11.0 Å². The normalized spacial score (nSPS) is 50.7. The van der Waals surface area contributed by atoms with Crippen LogP contribution < -0.4 is 5.73 Å². The fraction of sp³-hybridized carbons (Fsp3) is 0.867. The molecular formula is C15H21N3O. The van der Waals surface area contributed by atoms with E-state index in [1.54, 1.807) is 0 Å². The average Bonchev–Trinajstić information content (AvgIpc) is 2.77. The Kier molecular flexibility index (Phi) is 1.74. The number of rotatable bonds is 2. The van der Waals surface area contributed by atoms with Crippen LogP contribution in [-0.4, -0.2) is 15.7 Å². The van der Waals surface area contributed by atoms with Crippen molar-refractivity contribution in [2.24, 2.45) is 11.7 Å². The fourth-order valence-corrected chi connectivity index (χ4v) is 4.94. The van der Waals surface area contributed by atoms with Crippen LogP contribution in [-0.2, 0) is 10.8 Å². The molecule has 0 spiro atoms. The number of hydrogen-bond donors (Lipinski definition) is 1. The molecule has 1 aromatic rings. The Morgan fingerprint density at radius 2 is 1.58 bits per heavy atom. The molecule has 0 aromatic carbocycles. The van der Waals surface area contributed by atoms with Gasteiger partial charge in [-0.1, -0.05) is 5.16 Å². The van der Waals surface area contributed by atoms with Crippen molar-refractivity contribution in [2.45, 2.75) is 74.2 Å². The first kappa shape index (κ1) is 10.8. The fourth-order valence-electron chi connectivity index (χ4n) is 4.94. The predicted molar refractivity (Wildman–Crippen MR) is 69.6 cm³/mol. The van der Waals surface area contributed by atoms with E-state index in [0.717, 1.165) is 56.2 Å². The molecular weight excluding hydrogens is 238 g/mol. The quantitative estimate of drug-likeness (QED) is 0.886. The summed E-state index contributed by atoms with van der Waals surface area (Å²) in [6.07, 6.45) is 10.7. The van der Waals surface area contributed by atoms with Crippen LogP contribution in [0.2, 0.25) is 0 Å². The number of nitrogens with two attached hydrogens (primary N) is 1. The van der Waals surface area contributed by atoms with Gasteiger partial charge in [-0.2, -0.15) is 4.98 Å². The number of nitrogens with zero attached hydrogens (tertiary/aromatic N) is 2. The molecule has 7 rings (SSSR count). The van der Waals surface area contributed by atoms with Gasteiger partial charge in [-0.05, 0) is 63.7 Å². The average molecular weight is 259 g/mol. The molecule has 6 fully saturated rings. The first-order chi connectivity index (χ1) is 9.12. The maximum atomic E-state index is 6.38. The zero-order valence-corrected chi connectivity index (χ0v) is 11.3. The van der Waals surface area contributed by atoms with Crippen molar-refractivity contribution < 1.29 is 4.52 Å². The monoisotopic (exact) mass is 259 g/mol. The third-order valence-corrected chi connectivity index (χ3v) is 6.70. The second kappa shape index (κ2) is 3.05. The molecule has 0 aliphatic heterocycles. The van der Waals surface area contributed by atoms with Gasteiger partial charge in [-0.3, -0.25) is 0 Å². The minimum Gasteiger partial charge on any atom is -0.339 e. The summed E-state index contributed by atoms with van der Waals surface area (Å²) < 4.78 is 5.70. The lowest BCUT2D eigenvalue weighted by molar-refractivity contribution is -0.0360. The SMILES string of the molecule is NC12CCC(c3nc(C45CC(C4)C5)no3)(CC1)CC2. The van der Waals surface area contributed by atoms with Crippen LogP contribution in [0.25, 0.3) is 0 Å². The van der Waals surface area contributed by atoms with E-state index in [1.165, 1.54) is 19.3 Å². The van der Waals surface area contributed by atoms with Gasteiger partial charge < -0.3 is 10.3 Å². The van der Waals surface area contributed by atoms with Crippen molar-refractivity contribution in [1.29, 1.82) is 0 Å². The summed E-state index contributed by atoms with van der Waals surface area (Å²) in [7, 11) is 0. The Bertz CT molecular complexity index is 508. The highest BCUT2D eigenvalue weighted by Crippen LogP contribution is 2.64. The lowest BCUT2D eigenvalue weighted by Crippen LogP contribution is -2.56. The number of hydrogen-bond acceptors (Lipinski definition) is 4. The standard InChI is InChI=1S/C15H21N3O/c16-15-4-1-13(2-5-15,3-6-15)12-17-11(18-19-12)14-7-10(8-14)9-14/h10H,1-9,16H2. The van der Waals surface area contributed by atoms with E-state index in [0.29, 0.717) is 5.41 Å². The van der Waals surface area contributed by atoms with Gasteiger partial charge in [-0.15, -0.1) is 0 Å². The zero-order chi connectivity index (χ0) is 12.7. The van der Waals surface area contributed by atoms with Crippen molar-refractivity contribution in [3.05, 3.63) is 11.7 Å². The third kappa shape index (κ3) is 1.24. The van der Waals surface area contributed by atoms with Gasteiger partial charge in [0.15, 0.2) is 5.82 Å². The van der Waals surface area contributed by atoms with Crippen LogP contribution in [0.1, 0.15) is 69.5 Å². The van der Waals surface area contributed by atoms with E-state index >= 15 is 0 Å². The van der Waals surface area contributed by atoms with Crippen molar-refractivity contribution in [3.8, 4) is 0 Å². The molecule has 0 saturated heterocycles. The molecule has 1 aromatic heterocycles. The Morgan fingerprint density at radius 1 is 0.947 bits per heavy atom. The molecule has 102 valence electrons. The molecule has 6 aliphatic carbocycles. The highest BCUT2D eigenvalue weighted by atomic mass is 16.5. The molecule has 0 unspecified atom stereocenters. The molecule has 19 heavy (non-hydrogen) atoms. The van der Waals surface area contributed by atoms with Gasteiger partial charge in [0.2, 0.25) is 5.89 Å². The van der Waals surface area contributed by atoms with Crippen LogP contribution in [0, 0.1) is 5.92 Å². The highest BCUT2D eigenvalue weighted by molar-refractivity contribution is 5.25. The maximum absolute atomic E-state index is 6.38. The van der Waals surface area contributed by atoms with Crippen molar-refractivity contribution in [3.63, 3.8) is 0 Å². The number of aromatic nitrogens is 2. The Labute approximate surface area is 113 Å². The first-order valence-corrected chi connectivity index (χ1v) is 7.75. The summed E-state index contributed by atoms with van der Waals surface area (Å²) in [4.78, 5) is 4.84. The van der Waals surface area contributed by atoms with Gasteiger partial charge in [0, 0.05) is 16.4 Å². The Hall–Kier alpha value is -0.900. The van der Waals surface area contributed by atoms with Gasteiger partial charge in [0.25, 0.3) is 0 Å². The molecule has 0 amide bonds. The minimum absolute atomic E-state index is 0.110. The van der Waals surface area contributed by atoms with E-state index in [4.69, 9.17) is 15.2 Å². The lowest BCUT2D eigenvalue weighted by atomic mass is 9.44. The van der Waals surface area contributed by atoms with Crippen molar-refractivity contribution >= 4 is 0 Å². The van der Waals surface area contributed by atoms with E-state index in [9.17, 15) is 0 Å². The summed E-state index contributed by atoms with van der Waals surface area (Å²) in [5, 5.41) is 4.33.